The fourth-order valence-electron chi connectivity index (χ4n) is 2.75. The lowest BCUT2D eigenvalue weighted by Gasteiger charge is -2.29. The van der Waals surface area contributed by atoms with E-state index in [-0.39, 0.29) is 24.3 Å². The summed E-state index contributed by atoms with van der Waals surface area (Å²) in [6, 6.07) is 12.1. The van der Waals surface area contributed by atoms with Crippen molar-refractivity contribution in [1.82, 2.24) is 10.2 Å². The van der Waals surface area contributed by atoms with Gasteiger partial charge in [-0.15, -0.1) is 0 Å². The standard InChI is InChI=1S/C21H23BrCl2N2O2/c1-13(2)25-21(28)14(3)26(12-15-5-4-6-17(22)9-15)20(27)10-16-7-8-18(23)11-19(16)24/h4-9,11,13-14H,10,12H2,1-3H3,(H,25,28). The molecule has 0 spiro atoms. The molecule has 0 aromatic heterocycles. The third kappa shape index (κ3) is 6.50. The van der Waals surface area contributed by atoms with E-state index in [0.29, 0.717) is 22.2 Å². The molecule has 2 amide bonds. The Bertz CT molecular complexity index is 858. The molecule has 2 aromatic rings. The van der Waals surface area contributed by atoms with Crippen molar-refractivity contribution in [3.05, 3.63) is 68.1 Å². The first-order valence-electron chi connectivity index (χ1n) is 8.95. The van der Waals surface area contributed by atoms with Gasteiger partial charge in [0.1, 0.15) is 6.04 Å². The van der Waals surface area contributed by atoms with Crippen molar-refractivity contribution in [1.29, 1.82) is 0 Å². The van der Waals surface area contributed by atoms with Crippen LogP contribution in [-0.4, -0.2) is 28.8 Å². The number of rotatable bonds is 7. The minimum absolute atomic E-state index is 0.0107. The molecule has 7 heteroatoms. The Kier molecular flexibility index (Phi) is 8.35. The molecule has 0 heterocycles. The highest BCUT2D eigenvalue weighted by Crippen LogP contribution is 2.23. The van der Waals surface area contributed by atoms with Crippen molar-refractivity contribution in [2.45, 2.75) is 45.8 Å². The first-order chi connectivity index (χ1) is 13.2. The van der Waals surface area contributed by atoms with E-state index in [0.717, 1.165) is 10.0 Å². The molecule has 1 atom stereocenters. The molecule has 2 rings (SSSR count). The fraction of sp³-hybridized carbons (Fsp3) is 0.333. The number of nitrogens with zero attached hydrogens (tertiary/aromatic N) is 1. The summed E-state index contributed by atoms with van der Waals surface area (Å²) < 4.78 is 0.914. The number of carbonyl (C=O) groups is 2. The van der Waals surface area contributed by atoms with Gasteiger partial charge >= 0.3 is 0 Å². The predicted molar refractivity (Wildman–Crippen MR) is 118 cm³/mol. The molecule has 0 fully saturated rings. The number of nitrogens with one attached hydrogen (secondary N) is 1. The third-order valence-electron chi connectivity index (χ3n) is 4.20. The number of halogens is 3. The molecule has 0 bridgehead atoms. The topological polar surface area (TPSA) is 49.4 Å². The van der Waals surface area contributed by atoms with Crippen LogP contribution in [0.25, 0.3) is 0 Å². The minimum atomic E-state index is -0.625. The largest absolute Gasteiger partial charge is 0.352 e. The van der Waals surface area contributed by atoms with E-state index in [1.807, 2.05) is 38.1 Å². The number of hydrogen-bond acceptors (Lipinski definition) is 2. The summed E-state index contributed by atoms with van der Waals surface area (Å²) in [4.78, 5) is 27.2. The molecule has 0 aliphatic rings. The van der Waals surface area contributed by atoms with Gasteiger partial charge in [0.25, 0.3) is 0 Å². The molecule has 1 N–H and O–H groups in total. The third-order valence-corrected chi connectivity index (χ3v) is 5.28. The summed E-state index contributed by atoms with van der Waals surface area (Å²) in [5.41, 5.74) is 1.60. The molecule has 2 aromatic carbocycles. The van der Waals surface area contributed by atoms with Crippen LogP contribution in [0.4, 0.5) is 0 Å². The number of hydrogen-bond donors (Lipinski definition) is 1. The van der Waals surface area contributed by atoms with E-state index in [4.69, 9.17) is 23.2 Å². The second-order valence-electron chi connectivity index (χ2n) is 6.90. The summed E-state index contributed by atoms with van der Waals surface area (Å²) >= 11 is 15.6. The Morgan fingerprint density at radius 1 is 1.11 bits per heavy atom. The Balaban J connectivity index is 2.27. The van der Waals surface area contributed by atoms with Crippen molar-refractivity contribution in [2.75, 3.05) is 0 Å². The van der Waals surface area contributed by atoms with Gasteiger partial charge in [0, 0.05) is 27.1 Å². The SMILES string of the molecule is CC(C)NC(=O)C(C)N(Cc1cccc(Br)c1)C(=O)Cc1ccc(Cl)cc1Cl. The van der Waals surface area contributed by atoms with Crippen molar-refractivity contribution in [3.8, 4) is 0 Å². The lowest BCUT2D eigenvalue weighted by Crippen LogP contribution is -2.49. The van der Waals surface area contributed by atoms with Crippen molar-refractivity contribution in [2.24, 2.45) is 0 Å². The zero-order valence-corrected chi connectivity index (χ0v) is 19.1. The summed E-state index contributed by atoms with van der Waals surface area (Å²) in [6.45, 7) is 5.82. The van der Waals surface area contributed by atoms with Crippen LogP contribution in [0.3, 0.4) is 0 Å². The highest BCUT2D eigenvalue weighted by atomic mass is 79.9. The fourth-order valence-corrected chi connectivity index (χ4v) is 3.67. The minimum Gasteiger partial charge on any atom is -0.352 e. The maximum Gasteiger partial charge on any atom is 0.242 e. The van der Waals surface area contributed by atoms with E-state index in [1.54, 1.807) is 30.0 Å². The number of amides is 2. The van der Waals surface area contributed by atoms with Crippen LogP contribution in [-0.2, 0) is 22.6 Å². The zero-order chi connectivity index (χ0) is 20.8. The Hall–Kier alpha value is -1.56. The quantitative estimate of drug-likeness (QED) is 0.582. The van der Waals surface area contributed by atoms with E-state index >= 15 is 0 Å². The summed E-state index contributed by atoms with van der Waals surface area (Å²) in [5, 5.41) is 3.82. The van der Waals surface area contributed by atoms with Gasteiger partial charge in [-0.2, -0.15) is 0 Å². The van der Waals surface area contributed by atoms with Gasteiger partial charge in [-0.3, -0.25) is 9.59 Å². The Morgan fingerprint density at radius 3 is 2.43 bits per heavy atom. The first-order valence-corrected chi connectivity index (χ1v) is 10.5. The molecule has 0 aliphatic carbocycles. The Morgan fingerprint density at radius 2 is 1.82 bits per heavy atom. The van der Waals surface area contributed by atoms with Crippen LogP contribution in [0, 0.1) is 0 Å². The van der Waals surface area contributed by atoms with E-state index in [1.165, 1.54) is 0 Å². The molecule has 0 saturated carbocycles. The number of carbonyl (C=O) groups excluding carboxylic acids is 2. The molecule has 150 valence electrons. The second kappa shape index (κ2) is 10.3. The van der Waals surface area contributed by atoms with Crippen LogP contribution >= 0.6 is 39.1 Å². The molecule has 28 heavy (non-hydrogen) atoms. The normalized spacial score (nSPS) is 12.0. The Labute approximate surface area is 184 Å². The summed E-state index contributed by atoms with van der Waals surface area (Å²) in [5.74, 6) is -0.379. The average molecular weight is 486 g/mol. The maximum atomic E-state index is 13.1. The average Bonchev–Trinajstić information content (AvgIpc) is 2.61. The lowest BCUT2D eigenvalue weighted by molar-refractivity contribution is -0.140. The van der Waals surface area contributed by atoms with Crippen LogP contribution in [0.15, 0.2) is 46.9 Å². The van der Waals surface area contributed by atoms with Crippen molar-refractivity contribution >= 4 is 50.9 Å². The van der Waals surface area contributed by atoms with Crippen LogP contribution in [0.2, 0.25) is 10.0 Å². The van der Waals surface area contributed by atoms with Gasteiger partial charge in [0.05, 0.1) is 6.42 Å². The molecule has 0 aliphatic heterocycles. The predicted octanol–water partition coefficient (Wildman–Crippen LogP) is 5.24. The van der Waals surface area contributed by atoms with E-state index in [9.17, 15) is 9.59 Å². The molecule has 0 saturated heterocycles. The molecular weight excluding hydrogens is 463 g/mol. The smallest absolute Gasteiger partial charge is 0.242 e. The van der Waals surface area contributed by atoms with Crippen LogP contribution in [0.5, 0.6) is 0 Å². The zero-order valence-electron chi connectivity index (χ0n) is 16.0. The number of benzene rings is 2. The van der Waals surface area contributed by atoms with Gasteiger partial charge in [0.15, 0.2) is 0 Å². The molecule has 0 radical (unpaired) electrons. The highest BCUT2D eigenvalue weighted by Gasteiger charge is 2.27. The van der Waals surface area contributed by atoms with Gasteiger partial charge in [0.2, 0.25) is 11.8 Å². The van der Waals surface area contributed by atoms with Gasteiger partial charge in [-0.1, -0.05) is 57.3 Å². The molecular formula is C21H23BrCl2N2O2. The van der Waals surface area contributed by atoms with E-state index in [2.05, 4.69) is 21.2 Å². The molecule has 1 unspecified atom stereocenters. The summed E-state index contributed by atoms with van der Waals surface area (Å²) in [7, 11) is 0. The monoisotopic (exact) mass is 484 g/mol. The van der Waals surface area contributed by atoms with Crippen LogP contribution in [0.1, 0.15) is 31.9 Å². The van der Waals surface area contributed by atoms with Crippen LogP contribution < -0.4 is 5.32 Å². The summed E-state index contributed by atoms with van der Waals surface area (Å²) in [6.07, 6.45) is 0.0866. The first kappa shape index (κ1) is 22.7. The highest BCUT2D eigenvalue weighted by molar-refractivity contribution is 9.10. The van der Waals surface area contributed by atoms with Crippen molar-refractivity contribution < 1.29 is 9.59 Å². The molecule has 4 nitrogen and oxygen atoms in total. The lowest BCUT2D eigenvalue weighted by atomic mass is 10.1. The van der Waals surface area contributed by atoms with Gasteiger partial charge in [-0.05, 0) is 56.2 Å². The second-order valence-corrected chi connectivity index (χ2v) is 8.66. The van der Waals surface area contributed by atoms with Crippen molar-refractivity contribution in [3.63, 3.8) is 0 Å². The maximum absolute atomic E-state index is 13.1. The van der Waals surface area contributed by atoms with Gasteiger partial charge in [-0.25, -0.2) is 0 Å². The van der Waals surface area contributed by atoms with Gasteiger partial charge < -0.3 is 10.2 Å². The van der Waals surface area contributed by atoms with E-state index < -0.39 is 6.04 Å².